The zero-order chi connectivity index (χ0) is 22.0. The summed E-state index contributed by atoms with van der Waals surface area (Å²) in [5.41, 5.74) is -1.54. The molecule has 160 valence electrons. The maximum Gasteiger partial charge on any atom is 0.314 e. The normalized spacial score (nSPS) is 30.4. The van der Waals surface area contributed by atoms with Gasteiger partial charge in [0.1, 0.15) is 12.2 Å². The highest BCUT2D eigenvalue weighted by atomic mass is 16.7. The molecular weight excluding hydrogens is 408 g/mol. The summed E-state index contributed by atoms with van der Waals surface area (Å²) in [7, 11) is 0. The molecule has 1 aliphatic carbocycles. The van der Waals surface area contributed by atoms with Crippen LogP contribution in [0.1, 0.15) is 11.1 Å². The molecule has 2 heterocycles. The molecule has 1 aliphatic heterocycles. The molecule has 0 saturated carbocycles. The van der Waals surface area contributed by atoms with Gasteiger partial charge in [-0.05, 0) is 12.0 Å². The molecule has 1 aromatic heterocycles. The fraction of sp³-hybridized carbons (Fsp3) is 0.438. The number of nitro groups is 1. The molecule has 1 amide bonds. The van der Waals surface area contributed by atoms with E-state index in [1.54, 1.807) is 0 Å². The lowest BCUT2D eigenvalue weighted by molar-refractivity contribution is -0.385. The Labute approximate surface area is 164 Å². The third-order valence-corrected chi connectivity index (χ3v) is 5.29. The lowest BCUT2D eigenvalue weighted by atomic mass is 10.1. The number of aromatic nitrogens is 2. The monoisotopic (exact) mass is 424 g/mol. The Bertz CT molecular complexity index is 1190. The van der Waals surface area contributed by atoms with Crippen molar-refractivity contribution in [3.63, 3.8) is 0 Å². The summed E-state index contributed by atoms with van der Waals surface area (Å²) in [6.07, 6.45) is -6.13. The van der Waals surface area contributed by atoms with Gasteiger partial charge in [-0.3, -0.25) is 24.5 Å². The number of ether oxygens (including phenoxy) is 1. The third-order valence-electron chi connectivity index (χ3n) is 5.29. The standard InChI is InChI=1S/C16H16N4O10/c21-10-11(22)16(27,30-14(10)25)15(26)17-4-1-5-6(2-4)9-7(3-8(5)20(28)29)18-12(23)13(24)19-9/h3-4,10-11,14,21-22,25,27H,1-2H2,(H,17,26)(H,18,23)(H,19,24). The molecule has 2 aromatic rings. The second-order valence-corrected chi connectivity index (χ2v) is 7.16. The Morgan fingerprint density at radius 1 is 1.20 bits per heavy atom. The molecular formula is C16H16N4O10. The van der Waals surface area contributed by atoms with Gasteiger partial charge in [-0.2, -0.15) is 0 Å². The fourth-order valence-corrected chi connectivity index (χ4v) is 3.83. The highest BCUT2D eigenvalue weighted by Gasteiger charge is 2.58. The number of H-pyrrole nitrogens is 2. The Morgan fingerprint density at radius 3 is 2.43 bits per heavy atom. The van der Waals surface area contributed by atoms with Crippen molar-refractivity contribution in [2.75, 3.05) is 0 Å². The first-order chi connectivity index (χ1) is 14.0. The van der Waals surface area contributed by atoms with Crippen LogP contribution in [0.4, 0.5) is 5.69 Å². The molecule has 0 bridgehead atoms. The lowest BCUT2D eigenvalue weighted by Gasteiger charge is -2.26. The molecule has 30 heavy (non-hydrogen) atoms. The van der Waals surface area contributed by atoms with Crippen LogP contribution in [-0.2, 0) is 22.4 Å². The van der Waals surface area contributed by atoms with Crippen molar-refractivity contribution in [3.8, 4) is 0 Å². The second-order valence-electron chi connectivity index (χ2n) is 7.16. The van der Waals surface area contributed by atoms with Crippen molar-refractivity contribution >= 4 is 22.6 Å². The fourth-order valence-electron chi connectivity index (χ4n) is 3.83. The maximum absolute atomic E-state index is 12.4. The van der Waals surface area contributed by atoms with Gasteiger partial charge in [0.05, 0.1) is 16.0 Å². The first kappa shape index (κ1) is 20.1. The number of aromatic amines is 2. The molecule has 14 heteroatoms. The van der Waals surface area contributed by atoms with E-state index < -0.39 is 52.3 Å². The van der Waals surface area contributed by atoms with Crippen LogP contribution in [0, 0.1) is 10.1 Å². The van der Waals surface area contributed by atoms with Crippen LogP contribution in [0.25, 0.3) is 11.0 Å². The van der Waals surface area contributed by atoms with E-state index in [-0.39, 0.29) is 35.1 Å². The van der Waals surface area contributed by atoms with Crippen molar-refractivity contribution in [2.45, 2.75) is 43.2 Å². The number of benzene rings is 1. The Hall–Kier alpha value is -3.17. The van der Waals surface area contributed by atoms with E-state index in [1.807, 2.05) is 0 Å². The molecule has 14 nitrogen and oxygen atoms in total. The predicted octanol–water partition coefficient (Wildman–Crippen LogP) is -3.53. The summed E-state index contributed by atoms with van der Waals surface area (Å²) in [6, 6.07) is 0.279. The molecule has 1 fully saturated rings. The first-order valence-corrected chi connectivity index (χ1v) is 8.73. The van der Waals surface area contributed by atoms with Crippen LogP contribution in [0.5, 0.6) is 0 Å². The average Bonchev–Trinajstić information content (AvgIpc) is 3.18. The van der Waals surface area contributed by atoms with Gasteiger partial charge in [-0.25, -0.2) is 0 Å². The van der Waals surface area contributed by atoms with Crippen LogP contribution in [0.15, 0.2) is 15.7 Å². The number of aliphatic hydroxyl groups is 4. The number of rotatable bonds is 3. The van der Waals surface area contributed by atoms with Crippen LogP contribution in [0.2, 0.25) is 0 Å². The van der Waals surface area contributed by atoms with E-state index in [2.05, 4.69) is 20.0 Å². The van der Waals surface area contributed by atoms with Gasteiger partial charge in [-0.1, -0.05) is 0 Å². The molecule has 7 N–H and O–H groups in total. The van der Waals surface area contributed by atoms with Gasteiger partial charge in [0.2, 0.25) is 0 Å². The molecule has 0 radical (unpaired) electrons. The topological polar surface area (TPSA) is 228 Å². The number of nitro benzene ring substituents is 1. The van der Waals surface area contributed by atoms with Crippen LogP contribution < -0.4 is 16.4 Å². The minimum absolute atomic E-state index is 0.0154. The zero-order valence-corrected chi connectivity index (χ0v) is 15.0. The van der Waals surface area contributed by atoms with Gasteiger partial charge in [0, 0.05) is 24.1 Å². The van der Waals surface area contributed by atoms with E-state index in [4.69, 9.17) is 0 Å². The predicted molar refractivity (Wildman–Crippen MR) is 95.2 cm³/mol. The summed E-state index contributed by atoms with van der Waals surface area (Å²) in [6.45, 7) is 0. The lowest BCUT2D eigenvalue weighted by Crippen LogP contribution is -2.57. The largest absolute Gasteiger partial charge is 0.385 e. The molecule has 1 aromatic carbocycles. The van der Waals surface area contributed by atoms with Gasteiger partial charge < -0.3 is 40.4 Å². The second kappa shape index (κ2) is 6.68. The number of carbonyl (C=O) groups is 1. The Kier molecular flexibility index (Phi) is 4.48. The summed E-state index contributed by atoms with van der Waals surface area (Å²) in [5, 5.41) is 52.8. The van der Waals surface area contributed by atoms with Crippen LogP contribution in [0.3, 0.4) is 0 Å². The number of nitrogens with zero attached hydrogens (tertiary/aromatic N) is 1. The summed E-state index contributed by atoms with van der Waals surface area (Å²) < 4.78 is 4.59. The van der Waals surface area contributed by atoms with Crippen LogP contribution >= 0.6 is 0 Å². The number of carbonyl (C=O) groups excluding carboxylic acids is 1. The van der Waals surface area contributed by atoms with Crippen LogP contribution in [-0.4, -0.2) is 71.6 Å². The number of fused-ring (bicyclic) bond motifs is 3. The number of hydrogen-bond donors (Lipinski definition) is 7. The van der Waals surface area contributed by atoms with Gasteiger partial charge in [-0.15, -0.1) is 0 Å². The number of aliphatic hydroxyl groups excluding tert-OH is 3. The number of nitrogens with one attached hydrogen (secondary N) is 3. The van der Waals surface area contributed by atoms with Crippen molar-refractivity contribution in [2.24, 2.45) is 0 Å². The van der Waals surface area contributed by atoms with Crippen molar-refractivity contribution < 1.29 is 34.9 Å². The summed E-state index contributed by atoms with van der Waals surface area (Å²) >= 11 is 0. The molecule has 4 rings (SSSR count). The van der Waals surface area contributed by atoms with E-state index in [0.29, 0.717) is 5.56 Å². The van der Waals surface area contributed by atoms with Gasteiger partial charge in [0.25, 0.3) is 17.4 Å². The smallest absolute Gasteiger partial charge is 0.314 e. The quantitative estimate of drug-likeness (QED) is 0.146. The highest BCUT2D eigenvalue weighted by Crippen LogP contribution is 2.36. The SMILES string of the molecule is O=C(NC1Cc2c([N+](=O)[O-])cc3[nH]c(=O)c(=O)[nH]c3c2C1)C1(O)OC(O)C(O)C1O. The van der Waals surface area contributed by atoms with E-state index >= 15 is 0 Å². The minimum Gasteiger partial charge on any atom is -0.385 e. The molecule has 0 spiro atoms. The molecule has 1 saturated heterocycles. The van der Waals surface area contributed by atoms with E-state index in [9.17, 15) is 44.9 Å². The average molecular weight is 424 g/mol. The number of amides is 1. The Balaban J connectivity index is 1.68. The third kappa shape index (κ3) is 2.89. The molecule has 2 aliphatic rings. The summed E-state index contributed by atoms with van der Waals surface area (Å²) in [5.74, 6) is -4.20. The van der Waals surface area contributed by atoms with E-state index in [1.165, 1.54) is 0 Å². The minimum atomic E-state index is -2.93. The van der Waals surface area contributed by atoms with Crippen molar-refractivity contribution in [3.05, 3.63) is 48.0 Å². The maximum atomic E-state index is 12.4. The van der Waals surface area contributed by atoms with E-state index in [0.717, 1.165) is 6.07 Å². The summed E-state index contributed by atoms with van der Waals surface area (Å²) in [4.78, 5) is 51.1. The zero-order valence-electron chi connectivity index (χ0n) is 15.0. The molecule has 5 unspecified atom stereocenters. The van der Waals surface area contributed by atoms with Gasteiger partial charge >= 0.3 is 11.1 Å². The van der Waals surface area contributed by atoms with Gasteiger partial charge in [0.15, 0.2) is 6.29 Å². The van der Waals surface area contributed by atoms with Crippen molar-refractivity contribution in [1.29, 1.82) is 0 Å². The number of hydrogen-bond acceptors (Lipinski definition) is 10. The van der Waals surface area contributed by atoms with Crippen molar-refractivity contribution in [1.82, 2.24) is 15.3 Å². The molecule has 5 atom stereocenters. The first-order valence-electron chi connectivity index (χ1n) is 8.73. The highest BCUT2D eigenvalue weighted by molar-refractivity contribution is 5.86. The Morgan fingerprint density at radius 2 is 1.83 bits per heavy atom.